The molecule has 0 saturated heterocycles. The molecule has 2 aromatic heterocycles. The highest BCUT2D eigenvalue weighted by molar-refractivity contribution is 8.03. The minimum absolute atomic E-state index is 0.0116. The first-order chi connectivity index (χ1) is 12.2. The van der Waals surface area contributed by atoms with E-state index in [9.17, 15) is 4.79 Å². The van der Waals surface area contributed by atoms with E-state index in [2.05, 4.69) is 39.9 Å². The van der Waals surface area contributed by atoms with Gasteiger partial charge in [-0.2, -0.15) is 0 Å². The van der Waals surface area contributed by atoms with Crippen LogP contribution in [0.4, 0.5) is 0 Å². The number of allylic oxidation sites excluding steroid dienone is 3. The van der Waals surface area contributed by atoms with Gasteiger partial charge in [0.2, 0.25) is 0 Å². The Bertz CT molecular complexity index is 1050. The van der Waals surface area contributed by atoms with Gasteiger partial charge in [0.25, 0.3) is 0 Å². The van der Waals surface area contributed by atoms with E-state index in [1.807, 2.05) is 31.2 Å². The highest BCUT2D eigenvalue weighted by Gasteiger charge is 2.13. The number of para-hydroxylation sites is 1. The molecule has 2 heterocycles. The number of nitrogens with zero attached hydrogens (tertiary/aromatic N) is 2. The monoisotopic (exact) mass is 346 g/mol. The summed E-state index contributed by atoms with van der Waals surface area (Å²) in [6, 6.07) is 13.9. The van der Waals surface area contributed by atoms with Crippen molar-refractivity contribution in [3.8, 4) is 5.69 Å². The molecule has 1 aliphatic carbocycles. The number of hydrogen-bond acceptors (Lipinski definition) is 3. The number of fused-ring (bicyclic) bond motifs is 1. The lowest BCUT2D eigenvalue weighted by Crippen LogP contribution is -2.11. The molecular weight excluding hydrogens is 328 g/mol. The molecule has 124 valence electrons. The normalized spacial score (nSPS) is 13.9. The summed E-state index contributed by atoms with van der Waals surface area (Å²) < 4.78 is 2.15. The summed E-state index contributed by atoms with van der Waals surface area (Å²) >= 11 is 1.64. The molecule has 3 nitrogen and oxygen atoms in total. The number of benzene rings is 1. The Morgan fingerprint density at radius 3 is 2.72 bits per heavy atom. The maximum atomic E-state index is 12.6. The Balaban J connectivity index is 1.99. The highest BCUT2D eigenvalue weighted by atomic mass is 32.2. The van der Waals surface area contributed by atoms with Crippen LogP contribution in [0.1, 0.15) is 18.5 Å². The quantitative estimate of drug-likeness (QED) is 0.668. The number of thioether (sulfide) groups is 1. The molecule has 0 radical (unpaired) electrons. The van der Waals surface area contributed by atoms with Crippen molar-refractivity contribution >= 4 is 22.7 Å². The Hall–Kier alpha value is -2.59. The van der Waals surface area contributed by atoms with E-state index in [0.29, 0.717) is 5.39 Å². The third kappa shape index (κ3) is 3.17. The van der Waals surface area contributed by atoms with Crippen LogP contribution in [0.2, 0.25) is 0 Å². The molecule has 0 amide bonds. The topological polar surface area (TPSA) is 34.9 Å². The number of pyridine rings is 2. The van der Waals surface area contributed by atoms with Gasteiger partial charge in [-0.1, -0.05) is 48.2 Å². The molecule has 0 atom stereocenters. The molecule has 4 heteroatoms. The molecule has 1 aromatic carbocycles. The van der Waals surface area contributed by atoms with Crippen molar-refractivity contribution in [3.63, 3.8) is 0 Å². The Morgan fingerprint density at radius 2 is 1.96 bits per heavy atom. The zero-order chi connectivity index (χ0) is 17.2. The van der Waals surface area contributed by atoms with Crippen molar-refractivity contribution in [1.82, 2.24) is 9.55 Å². The van der Waals surface area contributed by atoms with Crippen LogP contribution in [0.3, 0.4) is 0 Å². The third-order valence-electron chi connectivity index (χ3n) is 4.20. The van der Waals surface area contributed by atoms with Crippen LogP contribution in [0.15, 0.2) is 81.6 Å². The van der Waals surface area contributed by atoms with Crippen molar-refractivity contribution in [3.05, 3.63) is 87.7 Å². The van der Waals surface area contributed by atoms with Crippen LogP contribution >= 0.6 is 11.8 Å². The summed E-state index contributed by atoms with van der Waals surface area (Å²) in [4.78, 5) is 18.1. The molecule has 0 spiro atoms. The first-order valence-corrected chi connectivity index (χ1v) is 9.16. The van der Waals surface area contributed by atoms with E-state index in [1.54, 1.807) is 24.0 Å². The van der Waals surface area contributed by atoms with E-state index in [0.717, 1.165) is 34.8 Å². The van der Waals surface area contributed by atoms with Crippen molar-refractivity contribution in [2.75, 3.05) is 0 Å². The fourth-order valence-electron chi connectivity index (χ4n) is 3.00. The Morgan fingerprint density at radius 1 is 1.12 bits per heavy atom. The van der Waals surface area contributed by atoms with Gasteiger partial charge in [0.05, 0.1) is 15.9 Å². The highest BCUT2D eigenvalue weighted by Crippen LogP contribution is 2.33. The number of aromatic nitrogens is 2. The summed E-state index contributed by atoms with van der Waals surface area (Å²) in [5.41, 5.74) is 2.85. The lowest BCUT2D eigenvalue weighted by molar-refractivity contribution is 0.956. The van der Waals surface area contributed by atoms with Gasteiger partial charge in [0, 0.05) is 28.5 Å². The largest absolute Gasteiger partial charge is 0.304 e. The molecule has 0 N–H and O–H groups in total. The number of aryl methyl sites for hydroxylation is 1. The fourth-order valence-corrected chi connectivity index (χ4v) is 4.07. The van der Waals surface area contributed by atoms with Gasteiger partial charge in [-0.15, -0.1) is 0 Å². The van der Waals surface area contributed by atoms with E-state index in [4.69, 9.17) is 0 Å². The maximum Gasteiger partial charge on any atom is 0.192 e. The zero-order valence-electron chi connectivity index (χ0n) is 14.0. The predicted molar refractivity (Wildman–Crippen MR) is 104 cm³/mol. The van der Waals surface area contributed by atoms with Gasteiger partial charge >= 0.3 is 0 Å². The second-order valence-corrected chi connectivity index (χ2v) is 7.14. The fraction of sp³-hybridized carbons (Fsp3) is 0.143. The zero-order valence-corrected chi connectivity index (χ0v) is 14.8. The molecule has 0 bridgehead atoms. The molecule has 0 aliphatic heterocycles. The SMILES string of the molecule is Cc1cc2c(cn1)c(=O)cc(SC1=CCCC=C1)n2-c1ccccc1. The van der Waals surface area contributed by atoms with Gasteiger partial charge in [0.15, 0.2) is 5.43 Å². The standard InChI is InChI=1S/C21H18N2OS/c1-15-12-19-18(14-22-15)20(24)13-21(25-17-10-6-3-7-11-17)23(19)16-8-4-2-5-9-16/h2,4-6,8-14H,3,7H2,1H3. The van der Waals surface area contributed by atoms with Crippen LogP contribution in [-0.2, 0) is 0 Å². The Kier molecular flexibility index (Phi) is 4.28. The minimum atomic E-state index is 0.0116. The molecule has 25 heavy (non-hydrogen) atoms. The first kappa shape index (κ1) is 15.9. The molecule has 0 fully saturated rings. The van der Waals surface area contributed by atoms with Gasteiger partial charge in [-0.25, -0.2) is 0 Å². The van der Waals surface area contributed by atoms with E-state index in [1.165, 1.54) is 4.91 Å². The van der Waals surface area contributed by atoms with Crippen LogP contribution in [0.5, 0.6) is 0 Å². The Labute approximate surface area is 150 Å². The van der Waals surface area contributed by atoms with E-state index in [-0.39, 0.29) is 5.43 Å². The van der Waals surface area contributed by atoms with Crippen molar-refractivity contribution in [1.29, 1.82) is 0 Å². The van der Waals surface area contributed by atoms with Gasteiger partial charge < -0.3 is 4.57 Å². The summed E-state index contributed by atoms with van der Waals surface area (Å²) in [6.45, 7) is 1.95. The molecule has 4 rings (SSSR count). The van der Waals surface area contributed by atoms with Gasteiger partial charge in [-0.3, -0.25) is 9.78 Å². The average Bonchev–Trinajstić information content (AvgIpc) is 2.63. The van der Waals surface area contributed by atoms with Gasteiger partial charge in [0.1, 0.15) is 0 Å². The smallest absolute Gasteiger partial charge is 0.192 e. The predicted octanol–water partition coefficient (Wildman–Crippen LogP) is 5.02. The number of hydrogen-bond donors (Lipinski definition) is 0. The van der Waals surface area contributed by atoms with Crippen LogP contribution in [0.25, 0.3) is 16.6 Å². The van der Waals surface area contributed by atoms with Crippen LogP contribution < -0.4 is 5.43 Å². The van der Waals surface area contributed by atoms with Crippen LogP contribution in [-0.4, -0.2) is 9.55 Å². The molecular formula is C21H18N2OS. The second kappa shape index (κ2) is 6.73. The van der Waals surface area contributed by atoms with Gasteiger partial charge in [-0.05, 0) is 38.0 Å². The van der Waals surface area contributed by atoms with E-state index < -0.39 is 0 Å². The van der Waals surface area contributed by atoms with Crippen molar-refractivity contribution in [2.24, 2.45) is 0 Å². The number of rotatable bonds is 3. The molecule has 0 unspecified atom stereocenters. The summed E-state index contributed by atoms with van der Waals surface area (Å²) in [6.07, 6.45) is 10.4. The summed E-state index contributed by atoms with van der Waals surface area (Å²) in [5, 5.41) is 1.57. The van der Waals surface area contributed by atoms with Crippen molar-refractivity contribution in [2.45, 2.75) is 24.8 Å². The minimum Gasteiger partial charge on any atom is -0.304 e. The molecule has 0 saturated carbocycles. The molecule has 1 aliphatic rings. The first-order valence-electron chi connectivity index (χ1n) is 8.35. The molecule has 3 aromatic rings. The van der Waals surface area contributed by atoms with Crippen molar-refractivity contribution < 1.29 is 0 Å². The lowest BCUT2D eigenvalue weighted by Gasteiger charge is -2.17. The summed E-state index contributed by atoms with van der Waals surface area (Å²) in [7, 11) is 0. The average molecular weight is 346 g/mol. The second-order valence-electron chi connectivity index (χ2n) is 6.05. The van der Waals surface area contributed by atoms with E-state index >= 15 is 0 Å². The lowest BCUT2D eigenvalue weighted by atomic mass is 10.2. The third-order valence-corrected chi connectivity index (χ3v) is 5.25. The summed E-state index contributed by atoms with van der Waals surface area (Å²) in [5.74, 6) is 0. The van der Waals surface area contributed by atoms with Crippen LogP contribution in [0, 0.1) is 6.92 Å². The maximum absolute atomic E-state index is 12.6.